The standard InChI is InChI=1S/C20H23Cl2N3O2/c1-14(20(26)23-16-7-5-6-15(21)19(16)22)24-10-12-25(13-11-24)17-8-3-4-9-18(17)27-2/h3-9,14H,10-13H2,1-2H3,(H,23,26)/t14-/m1/s1. The minimum Gasteiger partial charge on any atom is -0.495 e. The molecule has 1 fully saturated rings. The summed E-state index contributed by atoms with van der Waals surface area (Å²) >= 11 is 12.2. The van der Waals surface area contributed by atoms with Crippen molar-refractivity contribution >= 4 is 40.5 Å². The second-order valence-electron chi connectivity index (χ2n) is 6.46. The lowest BCUT2D eigenvalue weighted by molar-refractivity contribution is -0.120. The van der Waals surface area contributed by atoms with Crippen LogP contribution in [-0.4, -0.2) is 50.1 Å². The second-order valence-corrected chi connectivity index (χ2v) is 7.25. The molecule has 1 heterocycles. The minimum atomic E-state index is -0.264. The van der Waals surface area contributed by atoms with Crippen LogP contribution in [0.1, 0.15) is 6.92 Å². The van der Waals surface area contributed by atoms with Crippen LogP contribution in [0.5, 0.6) is 5.75 Å². The number of benzene rings is 2. The third-order valence-corrected chi connectivity index (χ3v) is 5.70. The van der Waals surface area contributed by atoms with Gasteiger partial charge in [0, 0.05) is 26.2 Å². The smallest absolute Gasteiger partial charge is 0.241 e. The van der Waals surface area contributed by atoms with E-state index >= 15 is 0 Å². The van der Waals surface area contributed by atoms with Crippen LogP contribution in [0.25, 0.3) is 0 Å². The summed E-state index contributed by atoms with van der Waals surface area (Å²) in [6.07, 6.45) is 0. The van der Waals surface area contributed by atoms with E-state index in [4.69, 9.17) is 27.9 Å². The molecule has 3 rings (SSSR count). The van der Waals surface area contributed by atoms with Crippen molar-refractivity contribution in [2.45, 2.75) is 13.0 Å². The Morgan fingerprint density at radius 1 is 1.07 bits per heavy atom. The zero-order valence-electron chi connectivity index (χ0n) is 15.4. The number of nitrogens with zero attached hydrogens (tertiary/aromatic N) is 2. The number of rotatable bonds is 5. The Kier molecular flexibility index (Phi) is 6.47. The van der Waals surface area contributed by atoms with Crippen LogP contribution in [0.2, 0.25) is 10.0 Å². The summed E-state index contributed by atoms with van der Waals surface area (Å²) < 4.78 is 5.46. The van der Waals surface area contributed by atoms with Crippen molar-refractivity contribution < 1.29 is 9.53 Å². The quantitative estimate of drug-likeness (QED) is 0.808. The van der Waals surface area contributed by atoms with E-state index in [-0.39, 0.29) is 11.9 Å². The van der Waals surface area contributed by atoms with E-state index in [1.165, 1.54) is 0 Å². The predicted molar refractivity (Wildman–Crippen MR) is 111 cm³/mol. The largest absolute Gasteiger partial charge is 0.495 e. The third kappa shape index (κ3) is 4.49. The second kappa shape index (κ2) is 8.83. The number of hydrogen-bond acceptors (Lipinski definition) is 4. The predicted octanol–water partition coefficient (Wildman–Crippen LogP) is 4.15. The summed E-state index contributed by atoms with van der Waals surface area (Å²) in [5, 5.41) is 3.66. The fraction of sp³-hybridized carbons (Fsp3) is 0.350. The average Bonchev–Trinajstić information content (AvgIpc) is 2.71. The highest BCUT2D eigenvalue weighted by Crippen LogP contribution is 2.30. The van der Waals surface area contributed by atoms with Crippen LogP contribution >= 0.6 is 23.2 Å². The number of carbonyl (C=O) groups excluding carboxylic acids is 1. The Bertz CT molecular complexity index is 808. The van der Waals surface area contributed by atoms with Crippen molar-refractivity contribution in [1.82, 2.24) is 4.90 Å². The molecule has 0 bridgehead atoms. The first kappa shape index (κ1) is 19.8. The number of methoxy groups -OCH3 is 1. The molecule has 1 amide bonds. The molecule has 7 heteroatoms. The fourth-order valence-corrected chi connectivity index (χ4v) is 3.59. The summed E-state index contributed by atoms with van der Waals surface area (Å²) in [6.45, 7) is 5.14. The zero-order valence-corrected chi connectivity index (χ0v) is 16.9. The molecule has 0 radical (unpaired) electrons. The molecule has 5 nitrogen and oxygen atoms in total. The van der Waals surface area contributed by atoms with Crippen LogP contribution in [0.4, 0.5) is 11.4 Å². The Balaban J connectivity index is 1.60. The summed E-state index contributed by atoms with van der Waals surface area (Å²) in [5.74, 6) is 0.775. The molecular formula is C20H23Cl2N3O2. The number of amides is 1. The SMILES string of the molecule is COc1ccccc1N1CCN([C@H](C)C(=O)Nc2cccc(Cl)c2Cl)CC1. The van der Waals surface area contributed by atoms with Gasteiger partial charge in [-0.05, 0) is 31.2 Å². The van der Waals surface area contributed by atoms with Gasteiger partial charge in [-0.1, -0.05) is 41.4 Å². The van der Waals surface area contributed by atoms with Crippen molar-refractivity contribution in [2.24, 2.45) is 0 Å². The van der Waals surface area contributed by atoms with Gasteiger partial charge >= 0.3 is 0 Å². The normalized spacial score (nSPS) is 16.1. The van der Waals surface area contributed by atoms with Crippen molar-refractivity contribution in [3.8, 4) is 5.75 Å². The van der Waals surface area contributed by atoms with Crippen LogP contribution in [0.3, 0.4) is 0 Å². The van der Waals surface area contributed by atoms with Gasteiger partial charge in [-0.15, -0.1) is 0 Å². The Labute approximate surface area is 169 Å². The minimum absolute atomic E-state index is 0.0927. The van der Waals surface area contributed by atoms with Crippen LogP contribution in [-0.2, 0) is 4.79 Å². The molecular weight excluding hydrogens is 385 g/mol. The summed E-state index contributed by atoms with van der Waals surface area (Å²) in [7, 11) is 1.68. The maximum Gasteiger partial charge on any atom is 0.241 e. The highest BCUT2D eigenvalue weighted by atomic mass is 35.5. The van der Waals surface area contributed by atoms with Crippen LogP contribution < -0.4 is 15.0 Å². The number of ether oxygens (including phenoxy) is 1. The van der Waals surface area contributed by atoms with Gasteiger partial charge < -0.3 is 15.0 Å². The molecule has 2 aromatic carbocycles. The van der Waals surface area contributed by atoms with E-state index in [1.807, 2.05) is 25.1 Å². The van der Waals surface area contributed by atoms with E-state index in [0.29, 0.717) is 15.7 Å². The maximum atomic E-state index is 12.6. The fourth-order valence-electron chi connectivity index (χ4n) is 3.24. The lowest BCUT2D eigenvalue weighted by Crippen LogP contribution is -2.52. The molecule has 1 saturated heterocycles. The number of carbonyl (C=O) groups is 1. The highest BCUT2D eigenvalue weighted by molar-refractivity contribution is 6.44. The first-order valence-corrected chi connectivity index (χ1v) is 9.63. The van der Waals surface area contributed by atoms with Gasteiger partial charge in [-0.25, -0.2) is 0 Å². The monoisotopic (exact) mass is 407 g/mol. The van der Waals surface area contributed by atoms with Crippen molar-refractivity contribution in [3.05, 3.63) is 52.5 Å². The van der Waals surface area contributed by atoms with Gasteiger partial charge in [-0.3, -0.25) is 9.69 Å². The first-order chi connectivity index (χ1) is 13.0. The summed E-state index contributed by atoms with van der Waals surface area (Å²) in [6, 6.07) is 12.9. The number of hydrogen-bond donors (Lipinski definition) is 1. The summed E-state index contributed by atoms with van der Waals surface area (Å²) in [4.78, 5) is 17.1. The van der Waals surface area contributed by atoms with Gasteiger partial charge in [0.25, 0.3) is 0 Å². The molecule has 1 N–H and O–H groups in total. The number of halogens is 2. The number of nitrogens with one attached hydrogen (secondary N) is 1. The van der Waals surface area contributed by atoms with Crippen molar-refractivity contribution in [3.63, 3.8) is 0 Å². The molecule has 1 aliphatic rings. The Hall–Kier alpha value is -1.95. The molecule has 0 aromatic heterocycles. The van der Waals surface area contributed by atoms with E-state index < -0.39 is 0 Å². The van der Waals surface area contributed by atoms with Crippen molar-refractivity contribution in [1.29, 1.82) is 0 Å². The van der Waals surface area contributed by atoms with Crippen LogP contribution in [0.15, 0.2) is 42.5 Å². The maximum absolute atomic E-state index is 12.6. The molecule has 0 unspecified atom stereocenters. The number of piperazine rings is 1. The van der Waals surface area contributed by atoms with Gasteiger partial charge in [-0.2, -0.15) is 0 Å². The third-order valence-electron chi connectivity index (χ3n) is 4.88. The van der Waals surface area contributed by atoms with Crippen molar-refractivity contribution in [2.75, 3.05) is 43.5 Å². The average molecular weight is 408 g/mol. The molecule has 0 saturated carbocycles. The Morgan fingerprint density at radius 2 is 1.78 bits per heavy atom. The Morgan fingerprint density at radius 3 is 2.48 bits per heavy atom. The molecule has 27 heavy (non-hydrogen) atoms. The number of para-hydroxylation sites is 2. The topological polar surface area (TPSA) is 44.8 Å². The van der Waals surface area contributed by atoms with E-state index in [9.17, 15) is 4.79 Å². The van der Waals surface area contributed by atoms with Gasteiger partial charge in [0.1, 0.15) is 5.75 Å². The molecule has 2 aromatic rings. The van der Waals surface area contributed by atoms with E-state index in [2.05, 4.69) is 21.2 Å². The van der Waals surface area contributed by atoms with Gasteiger partial charge in [0.15, 0.2) is 0 Å². The first-order valence-electron chi connectivity index (χ1n) is 8.88. The van der Waals surface area contributed by atoms with E-state index in [1.54, 1.807) is 25.3 Å². The lowest BCUT2D eigenvalue weighted by atomic mass is 10.2. The molecule has 0 spiro atoms. The zero-order chi connectivity index (χ0) is 19.4. The highest BCUT2D eigenvalue weighted by Gasteiger charge is 2.27. The molecule has 0 aliphatic carbocycles. The molecule has 144 valence electrons. The lowest BCUT2D eigenvalue weighted by Gasteiger charge is -2.38. The van der Waals surface area contributed by atoms with E-state index in [0.717, 1.165) is 37.6 Å². The van der Waals surface area contributed by atoms with Gasteiger partial charge in [0.2, 0.25) is 5.91 Å². The summed E-state index contributed by atoms with van der Waals surface area (Å²) in [5.41, 5.74) is 1.62. The van der Waals surface area contributed by atoms with Crippen LogP contribution in [0, 0.1) is 0 Å². The van der Waals surface area contributed by atoms with Gasteiger partial charge in [0.05, 0.1) is 34.6 Å². The number of anilines is 2. The molecule has 1 atom stereocenters. The molecule has 1 aliphatic heterocycles.